The number of nitrogens with one attached hydrogen (secondary N) is 2. The molecule has 0 bridgehead atoms. The van der Waals surface area contributed by atoms with Crippen LogP contribution >= 0.6 is 0 Å². The molecule has 0 fully saturated rings. The Morgan fingerprint density at radius 2 is 0.794 bits per heavy atom. The third-order valence-electron chi connectivity index (χ3n) is 5.46. The van der Waals surface area contributed by atoms with Gasteiger partial charge in [0.25, 0.3) is 11.8 Å². The van der Waals surface area contributed by atoms with Crippen molar-refractivity contribution in [1.29, 1.82) is 0 Å². The first-order valence-corrected chi connectivity index (χ1v) is 10.7. The minimum absolute atomic E-state index is 0.0358. The van der Waals surface area contributed by atoms with E-state index in [1.807, 2.05) is 0 Å². The maximum Gasteiger partial charge on any atom is 0.255 e. The van der Waals surface area contributed by atoms with E-state index in [9.17, 15) is 19.2 Å². The fraction of sp³-hybridized carbons (Fsp3) is 0.0714. The molecule has 0 heterocycles. The van der Waals surface area contributed by atoms with Gasteiger partial charge in [0.2, 0.25) is 0 Å². The number of ketones is 2. The average Bonchev–Trinajstić information content (AvgIpc) is 2.84. The number of benzene rings is 4. The van der Waals surface area contributed by atoms with E-state index in [4.69, 9.17) is 0 Å². The van der Waals surface area contributed by atoms with E-state index in [0.717, 1.165) is 10.8 Å². The third kappa shape index (κ3) is 5.07. The molecule has 0 saturated heterocycles. The zero-order chi connectivity index (χ0) is 24.2. The molecule has 6 nitrogen and oxygen atoms in total. The standard InChI is InChI=1S/C28H22N2O4/c1-17(31)19-7-11-25(12-8-19)29-27(33)23-5-3-22-16-24(6-4-21(22)15-23)28(34)30-26-13-9-20(10-14-26)18(2)32/h3-16H,1-2H3,(H,29,33)(H,30,34). The lowest BCUT2D eigenvalue weighted by atomic mass is 10.0. The van der Waals surface area contributed by atoms with E-state index in [0.29, 0.717) is 33.6 Å². The lowest BCUT2D eigenvalue weighted by Crippen LogP contribution is -2.12. The predicted octanol–water partition coefficient (Wildman–Crippen LogP) is 5.75. The molecule has 168 valence electrons. The molecule has 2 N–H and O–H groups in total. The van der Waals surface area contributed by atoms with Crippen LogP contribution in [0.15, 0.2) is 84.9 Å². The van der Waals surface area contributed by atoms with Crippen molar-refractivity contribution in [2.75, 3.05) is 10.6 Å². The molecule has 0 atom stereocenters. The predicted molar refractivity (Wildman–Crippen MR) is 133 cm³/mol. The number of Topliss-reactive ketones (excluding diaryl/α,β-unsaturated/α-hetero) is 2. The van der Waals surface area contributed by atoms with Gasteiger partial charge >= 0.3 is 0 Å². The van der Waals surface area contributed by atoms with Crippen LogP contribution in [0.4, 0.5) is 11.4 Å². The zero-order valence-corrected chi connectivity index (χ0v) is 18.7. The van der Waals surface area contributed by atoms with E-state index in [-0.39, 0.29) is 23.4 Å². The second-order valence-electron chi connectivity index (χ2n) is 7.95. The van der Waals surface area contributed by atoms with Gasteiger partial charge < -0.3 is 10.6 Å². The molecule has 0 aliphatic heterocycles. The summed E-state index contributed by atoms with van der Waals surface area (Å²) in [6, 6.07) is 23.9. The van der Waals surface area contributed by atoms with Crippen molar-refractivity contribution in [1.82, 2.24) is 0 Å². The monoisotopic (exact) mass is 450 g/mol. The van der Waals surface area contributed by atoms with Gasteiger partial charge in [-0.3, -0.25) is 19.2 Å². The summed E-state index contributed by atoms with van der Waals surface area (Å²) >= 11 is 0. The van der Waals surface area contributed by atoms with Crippen molar-refractivity contribution < 1.29 is 19.2 Å². The molecule has 0 aliphatic rings. The summed E-state index contributed by atoms with van der Waals surface area (Å²) in [5, 5.41) is 7.29. The molecule has 0 saturated carbocycles. The van der Waals surface area contributed by atoms with Crippen molar-refractivity contribution in [3.63, 3.8) is 0 Å². The van der Waals surface area contributed by atoms with Crippen molar-refractivity contribution >= 4 is 45.5 Å². The van der Waals surface area contributed by atoms with E-state index < -0.39 is 0 Å². The van der Waals surface area contributed by atoms with Gasteiger partial charge in [-0.2, -0.15) is 0 Å². The SMILES string of the molecule is CC(=O)c1ccc(NC(=O)c2ccc3cc(C(=O)Nc4ccc(C(C)=O)cc4)ccc3c2)cc1. The fourth-order valence-electron chi connectivity index (χ4n) is 3.51. The minimum Gasteiger partial charge on any atom is -0.322 e. The molecule has 4 rings (SSSR count). The summed E-state index contributed by atoms with van der Waals surface area (Å²) in [6.45, 7) is 2.98. The van der Waals surface area contributed by atoms with E-state index in [1.54, 1.807) is 84.9 Å². The molecule has 0 aliphatic carbocycles. The highest BCUT2D eigenvalue weighted by atomic mass is 16.2. The first kappa shape index (κ1) is 22.6. The normalized spacial score (nSPS) is 10.5. The molecular weight excluding hydrogens is 428 g/mol. The molecule has 0 spiro atoms. The average molecular weight is 450 g/mol. The van der Waals surface area contributed by atoms with Gasteiger partial charge in [-0.25, -0.2) is 0 Å². The third-order valence-corrected chi connectivity index (χ3v) is 5.46. The molecule has 0 radical (unpaired) electrons. The molecule has 34 heavy (non-hydrogen) atoms. The molecule has 6 heteroatoms. The second-order valence-corrected chi connectivity index (χ2v) is 7.95. The van der Waals surface area contributed by atoms with Gasteiger partial charge in [-0.1, -0.05) is 12.1 Å². The zero-order valence-electron chi connectivity index (χ0n) is 18.7. The van der Waals surface area contributed by atoms with Crippen molar-refractivity contribution in [2.45, 2.75) is 13.8 Å². The minimum atomic E-state index is -0.270. The Labute approximate surface area is 196 Å². The largest absolute Gasteiger partial charge is 0.322 e. The summed E-state index contributed by atoms with van der Waals surface area (Å²) in [6.07, 6.45) is 0. The smallest absolute Gasteiger partial charge is 0.255 e. The summed E-state index contributed by atoms with van der Waals surface area (Å²) in [7, 11) is 0. The first-order valence-electron chi connectivity index (χ1n) is 10.7. The lowest BCUT2D eigenvalue weighted by molar-refractivity contribution is 0.100. The summed E-state index contributed by atoms with van der Waals surface area (Å²) in [5.74, 6) is -0.612. The van der Waals surface area contributed by atoms with Crippen LogP contribution in [-0.4, -0.2) is 23.4 Å². The molecule has 0 unspecified atom stereocenters. The van der Waals surface area contributed by atoms with Gasteiger partial charge in [-0.15, -0.1) is 0 Å². The van der Waals surface area contributed by atoms with Crippen LogP contribution in [0.3, 0.4) is 0 Å². The van der Waals surface area contributed by atoms with Crippen molar-refractivity contribution in [2.24, 2.45) is 0 Å². The number of rotatable bonds is 6. The number of carbonyl (C=O) groups excluding carboxylic acids is 4. The van der Waals surface area contributed by atoms with Gasteiger partial charge in [0.15, 0.2) is 11.6 Å². The number of hydrogen-bond acceptors (Lipinski definition) is 4. The number of amides is 2. The Hall–Kier alpha value is -4.58. The Morgan fingerprint density at radius 1 is 0.471 bits per heavy atom. The Bertz CT molecular complexity index is 1310. The molecule has 0 aromatic heterocycles. The van der Waals surface area contributed by atoms with E-state index >= 15 is 0 Å². The highest BCUT2D eigenvalue weighted by Crippen LogP contribution is 2.21. The first-order chi connectivity index (χ1) is 16.3. The van der Waals surface area contributed by atoms with Crippen molar-refractivity contribution in [3.8, 4) is 0 Å². The Kier molecular flexibility index (Phi) is 6.32. The van der Waals surface area contributed by atoms with Gasteiger partial charge in [0.1, 0.15) is 0 Å². The van der Waals surface area contributed by atoms with E-state index in [1.165, 1.54) is 13.8 Å². The van der Waals surface area contributed by atoms with Crippen molar-refractivity contribution in [3.05, 3.63) is 107 Å². The topological polar surface area (TPSA) is 92.3 Å². The quantitative estimate of drug-likeness (QED) is 0.366. The maximum absolute atomic E-state index is 12.7. The summed E-state index contributed by atoms with van der Waals surface area (Å²) in [4.78, 5) is 48.1. The Morgan fingerprint density at radius 3 is 1.12 bits per heavy atom. The van der Waals surface area contributed by atoms with Crippen LogP contribution in [0.5, 0.6) is 0 Å². The van der Waals surface area contributed by atoms with Gasteiger partial charge in [0.05, 0.1) is 0 Å². The highest BCUT2D eigenvalue weighted by Gasteiger charge is 2.11. The van der Waals surface area contributed by atoms with Crippen LogP contribution in [0.2, 0.25) is 0 Å². The molecular formula is C28H22N2O4. The lowest BCUT2D eigenvalue weighted by Gasteiger charge is -2.09. The number of carbonyl (C=O) groups is 4. The summed E-state index contributed by atoms with van der Waals surface area (Å²) in [5.41, 5.74) is 3.31. The van der Waals surface area contributed by atoms with Crippen LogP contribution in [-0.2, 0) is 0 Å². The van der Waals surface area contributed by atoms with Crippen LogP contribution in [0.25, 0.3) is 10.8 Å². The maximum atomic E-state index is 12.7. The molecule has 4 aromatic carbocycles. The highest BCUT2D eigenvalue weighted by molar-refractivity contribution is 6.09. The van der Waals surface area contributed by atoms with Gasteiger partial charge in [-0.05, 0) is 97.4 Å². The van der Waals surface area contributed by atoms with Crippen LogP contribution in [0, 0.1) is 0 Å². The Balaban J connectivity index is 1.47. The van der Waals surface area contributed by atoms with Crippen LogP contribution in [0.1, 0.15) is 55.3 Å². The van der Waals surface area contributed by atoms with E-state index in [2.05, 4.69) is 10.6 Å². The number of fused-ring (bicyclic) bond motifs is 1. The summed E-state index contributed by atoms with van der Waals surface area (Å²) < 4.78 is 0. The molecule has 4 aromatic rings. The fourth-order valence-corrected chi connectivity index (χ4v) is 3.51. The number of anilines is 2. The molecule has 2 amide bonds. The number of hydrogen-bond donors (Lipinski definition) is 2. The van der Waals surface area contributed by atoms with Gasteiger partial charge in [0, 0.05) is 33.6 Å². The second kappa shape index (κ2) is 9.50. The van der Waals surface area contributed by atoms with Crippen LogP contribution < -0.4 is 10.6 Å².